The van der Waals surface area contributed by atoms with E-state index in [1.165, 1.54) is 0 Å². The zero-order chi connectivity index (χ0) is 14.4. The summed E-state index contributed by atoms with van der Waals surface area (Å²) in [5.74, 6) is 7.58. The molecule has 1 aromatic heterocycles. The van der Waals surface area contributed by atoms with Gasteiger partial charge in [-0.15, -0.1) is 0 Å². The number of aromatic nitrogens is 2. The SMILES string of the molecule is CC(C)c1nc(NN)cc(NCCC(=O)N(C)C)n1. The first-order valence-corrected chi connectivity index (χ1v) is 6.23. The van der Waals surface area contributed by atoms with E-state index in [4.69, 9.17) is 5.84 Å². The number of carbonyl (C=O) groups is 1. The quantitative estimate of drug-likeness (QED) is 0.520. The number of nitrogen functional groups attached to an aromatic ring is 1. The second kappa shape index (κ2) is 6.89. The van der Waals surface area contributed by atoms with E-state index in [1.807, 2.05) is 13.8 Å². The lowest BCUT2D eigenvalue weighted by atomic mass is 10.2. The Kier molecular flexibility index (Phi) is 5.50. The van der Waals surface area contributed by atoms with E-state index in [-0.39, 0.29) is 11.8 Å². The first-order chi connectivity index (χ1) is 8.93. The third-order valence-corrected chi connectivity index (χ3v) is 2.55. The highest BCUT2D eigenvalue weighted by Gasteiger charge is 2.08. The Labute approximate surface area is 113 Å². The largest absolute Gasteiger partial charge is 0.369 e. The number of nitrogens with two attached hydrogens (primary N) is 1. The summed E-state index contributed by atoms with van der Waals surface area (Å²) in [6.07, 6.45) is 0.416. The van der Waals surface area contributed by atoms with Crippen molar-refractivity contribution in [1.82, 2.24) is 14.9 Å². The van der Waals surface area contributed by atoms with Crippen LogP contribution < -0.4 is 16.6 Å². The van der Waals surface area contributed by atoms with Crippen LogP contribution in [0.4, 0.5) is 11.6 Å². The summed E-state index contributed by atoms with van der Waals surface area (Å²) in [7, 11) is 3.47. The van der Waals surface area contributed by atoms with Crippen molar-refractivity contribution < 1.29 is 4.79 Å². The first-order valence-electron chi connectivity index (χ1n) is 6.23. The fourth-order valence-corrected chi connectivity index (χ4v) is 1.41. The van der Waals surface area contributed by atoms with Gasteiger partial charge in [-0.25, -0.2) is 15.8 Å². The minimum Gasteiger partial charge on any atom is -0.369 e. The van der Waals surface area contributed by atoms with E-state index < -0.39 is 0 Å². The average molecular weight is 266 g/mol. The van der Waals surface area contributed by atoms with Crippen molar-refractivity contribution >= 4 is 17.5 Å². The van der Waals surface area contributed by atoms with Gasteiger partial charge in [0.05, 0.1) is 0 Å². The Morgan fingerprint density at radius 3 is 2.53 bits per heavy atom. The van der Waals surface area contributed by atoms with Crippen molar-refractivity contribution in [2.75, 3.05) is 31.4 Å². The summed E-state index contributed by atoms with van der Waals surface area (Å²) in [5, 5.41) is 3.11. The molecule has 7 heteroatoms. The van der Waals surface area contributed by atoms with Gasteiger partial charge >= 0.3 is 0 Å². The molecule has 0 unspecified atom stereocenters. The van der Waals surface area contributed by atoms with Crippen LogP contribution >= 0.6 is 0 Å². The summed E-state index contributed by atoms with van der Waals surface area (Å²) in [5.41, 5.74) is 2.51. The minimum absolute atomic E-state index is 0.0720. The summed E-state index contributed by atoms with van der Waals surface area (Å²) in [6, 6.07) is 1.71. The van der Waals surface area contributed by atoms with Gasteiger partial charge < -0.3 is 15.6 Å². The van der Waals surface area contributed by atoms with Crippen LogP contribution in [0.25, 0.3) is 0 Å². The van der Waals surface area contributed by atoms with Gasteiger partial charge in [-0.2, -0.15) is 0 Å². The van der Waals surface area contributed by atoms with Crippen molar-refractivity contribution in [3.8, 4) is 0 Å². The van der Waals surface area contributed by atoms with E-state index in [9.17, 15) is 4.79 Å². The lowest BCUT2D eigenvalue weighted by molar-refractivity contribution is -0.128. The summed E-state index contributed by atoms with van der Waals surface area (Å²) >= 11 is 0. The molecule has 106 valence electrons. The highest BCUT2D eigenvalue weighted by atomic mass is 16.2. The molecular formula is C12H22N6O. The fourth-order valence-electron chi connectivity index (χ4n) is 1.41. The van der Waals surface area contributed by atoms with Crippen molar-refractivity contribution in [2.45, 2.75) is 26.2 Å². The van der Waals surface area contributed by atoms with Gasteiger partial charge in [-0.3, -0.25) is 4.79 Å². The third-order valence-electron chi connectivity index (χ3n) is 2.55. The van der Waals surface area contributed by atoms with Crippen LogP contribution in [-0.4, -0.2) is 41.4 Å². The van der Waals surface area contributed by atoms with Crippen LogP contribution in [0.15, 0.2) is 6.07 Å². The van der Waals surface area contributed by atoms with Crippen LogP contribution in [0, 0.1) is 0 Å². The van der Waals surface area contributed by atoms with E-state index >= 15 is 0 Å². The van der Waals surface area contributed by atoms with Crippen LogP contribution in [0.5, 0.6) is 0 Å². The van der Waals surface area contributed by atoms with E-state index in [2.05, 4.69) is 20.7 Å². The number of amides is 1. The van der Waals surface area contributed by atoms with Gasteiger partial charge in [0, 0.05) is 39.0 Å². The van der Waals surface area contributed by atoms with Gasteiger partial charge in [0.15, 0.2) is 0 Å². The summed E-state index contributed by atoms with van der Waals surface area (Å²) < 4.78 is 0. The standard InChI is InChI=1S/C12H22N6O/c1-8(2)12-15-9(7-10(16-12)17-13)14-6-5-11(19)18(3)4/h7-8H,5-6,13H2,1-4H3,(H2,14,15,16,17). The number of nitrogens with one attached hydrogen (secondary N) is 2. The monoisotopic (exact) mass is 266 g/mol. The maximum absolute atomic E-state index is 11.5. The second-order valence-electron chi connectivity index (χ2n) is 4.76. The molecule has 0 spiro atoms. The number of anilines is 2. The molecule has 0 aliphatic rings. The van der Waals surface area contributed by atoms with Crippen LogP contribution in [0.3, 0.4) is 0 Å². The number of hydrogen-bond acceptors (Lipinski definition) is 6. The van der Waals surface area contributed by atoms with Gasteiger partial charge in [0.1, 0.15) is 17.5 Å². The number of hydrogen-bond donors (Lipinski definition) is 3. The van der Waals surface area contributed by atoms with Gasteiger partial charge in [0.25, 0.3) is 0 Å². The molecule has 0 aliphatic heterocycles. The molecule has 1 rings (SSSR count). The lowest BCUT2D eigenvalue weighted by Gasteiger charge is -2.13. The molecule has 0 fully saturated rings. The number of nitrogens with zero attached hydrogens (tertiary/aromatic N) is 3. The molecule has 0 atom stereocenters. The maximum Gasteiger partial charge on any atom is 0.223 e. The number of carbonyl (C=O) groups excluding carboxylic acids is 1. The zero-order valence-electron chi connectivity index (χ0n) is 11.9. The Balaban J connectivity index is 2.67. The molecule has 1 aromatic rings. The van der Waals surface area contributed by atoms with Gasteiger partial charge in [-0.1, -0.05) is 13.8 Å². The summed E-state index contributed by atoms with van der Waals surface area (Å²) in [4.78, 5) is 21.7. The maximum atomic E-state index is 11.5. The Morgan fingerprint density at radius 1 is 1.37 bits per heavy atom. The smallest absolute Gasteiger partial charge is 0.223 e. The van der Waals surface area contributed by atoms with Crippen molar-refractivity contribution in [2.24, 2.45) is 5.84 Å². The van der Waals surface area contributed by atoms with Gasteiger partial charge in [0.2, 0.25) is 5.91 Å². The first kappa shape index (κ1) is 15.2. The lowest BCUT2D eigenvalue weighted by Crippen LogP contribution is -2.24. The van der Waals surface area contributed by atoms with Crippen LogP contribution in [0.1, 0.15) is 32.0 Å². The molecule has 1 amide bonds. The van der Waals surface area contributed by atoms with Crippen LogP contribution in [-0.2, 0) is 4.79 Å². The Morgan fingerprint density at radius 2 is 2.00 bits per heavy atom. The normalized spacial score (nSPS) is 10.4. The van der Waals surface area contributed by atoms with E-state index in [1.54, 1.807) is 25.1 Å². The molecule has 0 radical (unpaired) electrons. The molecule has 0 saturated carbocycles. The Hall–Kier alpha value is -1.89. The van der Waals surface area contributed by atoms with Crippen molar-refractivity contribution in [1.29, 1.82) is 0 Å². The second-order valence-corrected chi connectivity index (χ2v) is 4.76. The molecule has 19 heavy (non-hydrogen) atoms. The molecule has 0 bridgehead atoms. The molecule has 4 N–H and O–H groups in total. The molecule has 0 saturated heterocycles. The topological polar surface area (TPSA) is 96.2 Å². The number of hydrazine groups is 1. The third kappa shape index (κ3) is 4.70. The van der Waals surface area contributed by atoms with Crippen molar-refractivity contribution in [3.05, 3.63) is 11.9 Å². The highest BCUT2D eigenvalue weighted by molar-refractivity contribution is 5.76. The predicted molar refractivity (Wildman–Crippen MR) is 75.7 cm³/mol. The molecule has 0 aromatic carbocycles. The molecule has 0 aliphatic carbocycles. The van der Waals surface area contributed by atoms with Crippen molar-refractivity contribution in [3.63, 3.8) is 0 Å². The Bertz CT molecular complexity index is 432. The average Bonchev–Trinajstić information content (AvgIpc) is 2.37. The minimum atomic E-state index is 0.0720. The molecular weight excluding hydrogens is 244 g/mol. The predicted octanol–water partition coefficient (Wildman–Crippen LogP) is 0.776. The van der Waals surface area contributed by atoms with E-state index in [0.29, 0.717) is 30.4 Å². The molecule has 7 nitrogen and oxygen atoms in total. The molecule has 1 heterocycles. The highest BCUT2D eigenvalue weighted by Crippen LogP contribution is 2.16. The van der Waals surface area contributed by atoms with Gasteiger partial charge in [-0.05, 0) is 0 Å². The van der Waals surface area contributed by atoms with E-state index in [0.717, 1.165) is 0 Å². The number of rotatable bonds is 6. The summed E-state index contributed by atoms with van der Waals surface area (Å²) in [6.45, 7) is 4.54. The van der Waals surface area contributed by atoms with Crippen LogP contribution in [0.2, 0.25) is 0 Å². The fraction of sp³-hybridized carbons (Fsp3) is 0.583. The zero-order valence-corrected chi connectivity index (χ0v) is 11.9.